The smallest absolute Gasteiger partial charge is 0.00206 e. The maximum atomic E-state index is 2.43. The molecule has 0 saturated heterocycles. The number of hydrogen-bond donors (Lipinski definition) is 0. The Morgan fingerprint density at radius 3 is 1.07 bits per heavy atom. The van der Waals surface area contributed by atoms with Crippen LogP contribution < -0.4 is 0 Å². The molecule has 0 heteroatoms. The molecule has 56 heavy (non-hydrogen) atoms. The highest BCUT2D eigenvalue weighted by Gasteiger charge is 2.19. The summed E-state index contributed by atoms with van der Waals surface area (Å²) in [6, 6.07) is 76.7. The molecule has 12 aromatic carbocycles. The maximum absolute atomic E-state index is 2.43. The van der Waals surface area contributed by atoms with Crippen LogP contribution in [0.25, 0.3) is 120 Å². The fourth-order valence-electron chi connectivity index (χ4n) is 9.57. The van der Waals surface area contributed by atoms with E-state index in [1.54, 1.807) is 0 Å². The molecule has 0 spiro atoms. The van der Waals surface area contributed by atoms with Gasteiger partial charge in [0, 0.05) is 0 Å². The average molecular weight is 707 g/mol. The van der Waals surface area contributed by atoms with Gasteiger partial charge < -0.3 is 0 Å². The van der Waals surface area contributed by atoms with E-state index in [9.17, 15) is 0 Å². The topological polar surface area (TPSA) is 0 Å². The molecule has 0 fully saturated rings. The van der Waals surface area contributed by atoms with Crippen molar-refractivity contribution in [3.8, 4) is 55.6 Å². The predicted octanol–water partition coefficient (Wildman–Crippen LogP) is 15.8. The fourth-order valence-corrected chi connectivity index (χ4v) is 9.57. The lowest BCUT2D eigenvalue weighted by Crippen LogP contribution is -1.92. The highest BCUT2D eigenvalue weighted by Crippen LogP contribution is 2.46. The van der Waals surface area contributed by atoms with Gasteiger partial charge in [0.2, 0.25) is 0 Å². The predicted molar refractivity (Wildman–Crippen MR) is 241 cm³/mol. The molecule has 0 unspecified atom stereocenters. The van der Waals surface area contributed by atoms with Gasteiger partial charge in [0.1, 0.15) is 0 Å². The molecule has 0 nitrogen and oxygen atoms in total. The van der Waals surface area contributed by atoms with E-state index in [0.29, 0.717) is 0 Å². The van der Waals surface area contributed by atoms with Crippen molar-refractivity contribution in [2.75, 3.05) is 0 Å². The summed E-state index contributed by atoms with van der Waals surface area (Å²) in [4.78, 5) is 0. The molecule has 0 atom stereocenters. The van der Waals surface area contributed by atoms with E-state index in [2.05, 4.69) is 206 Å². The Kier molecular flexibility index (Phi) is 6.73. The molecule has 0 aliphatic rings. The van der Waals surface area contributed by atoms with Crippen LogP contribution in [0.2, 0.25) is 0 Å². The summed E-state index contributed by atoms with van der Waals surface area (Å²) in [7, 11) is 0. The van der Waals surface area contributed by atoms with Gasteiger partial charge in [-0.15, -0.1) is 0 Å². The van der Waals surface area contributed by atoms with E-state index in [1.807, 2.05) is 0 Å². The fraction of sp³-hybridized carbons (Fsp3) is 0. The van der Waals surface area contributed by atoms with Gasteiger partial charge in [-0.3, -0.25) is 0 Å². The lowest BCUT2D eigenvalue weighted by Gasteiger charge is -2.19. The minimum absolute atomic E-state index is 1.20. The van der Waals surface area contributed by atoms with Crippen molar-refractivity contribution in [3.63, 3.8) is 0 Å². The summed E-state index contributed by atoms with van der Waals surface area (Å²) in [6.07, 6.45) is 0. The summed E-state index contributed by atoms with van der Waals surface area (Å²) < 4.78 is 0. The van der Waals surface area contributed by atoms with Crippen LogP contribution in [-0.2, 0) is 0 Å². The highest BCUT2D eigenvalue weighted by atomic mass is 14.2. The summed E-state index contributed by atoms with van der Waals surface area (Å²) in [5.41, 5.74) is 12.3. The van der Waals surface area contributed by atoms with Crippen LogP contribution in [0.1, 0.15) is 0 Å². The summed E-state index contributed by atoms with van der Waals surface area (Å²) >= 11 is 0. The van der Waals surface area contributed by atoms with Gasteiger partial charge in [0.05, 0.1) is 0 Å². The van der Waals surface area contributed by atoms with Crippen LogP contribution >= 0.6 is 0 Å². The first-order valence-electron chi connectivity index (χ1n) is 19.5. The highest BCUT2D eigenvalue weighted by molar-refractivity contribution is 6.27. The largest absolute Gasteiger partial charge is 0.0622 e. The quantitative estimate of drug-likeness (QED) is 0.156. The molecule has 0 saturated carbocycles. The third-order valence-corrected chi connectivity index (χ3v) is 12.2. The lowest BCUT2D eigenvalue weighted by atomic mass is 9.84. The Morgan fingerprint density at radius 2 is 0.554 bits per heavy atom. The first kappa shape index (κ1) is 31.1. The minimum Gasteiger partial charge on any atom is -0.0622 e. The SMILES string of the molecule is c1ccc(-c2cc(-c3ccc(-c4ccccc4)c(-c4ccc5ccc6cccc7ccc4c5c67)c3)ccc2-c2ccc3ccc4cccc5ccc2c3c45)cc1. The van der Waals surface area contributed by atoms with Crippen LogP contribution in [0.15, 0.2) is 206 Å². The van der Waals surface area contributed by atoms with Crippen LogP contribution in [0.5, 0.6) is 0 Å². The molecule has 0 aromatic heterocycles. The van der Waals surface area contributed by atoms with Gasteiger partial charge in [-0.05, 0) is 132 Å². The Balaban J connectivity index is 1.09. The maximum Gasteiger partial charge on any atom is -0.00206 e. The molecule has 0 aliphatic carbocycles. The van der Waals surface area contributed by atoms with Gasteiger partial charge in [-0.2, -0.15) is 0 Å². The third-order valence-electron chi connectivity index (χ3n) is 12.2. The van der Waals surface area contributed by atoms with Crippen LogP contribution in [0.3, 0.4) is 0 Å². The molecule has 0 N–H and O–H groups in total. The normalized spacial score (nSPS) is 11.9. The Labute approximate surface area is 325 Å². The third kappa shape index (κ3) is 4.66. The zero-order valence-corrected chi connectivity index (χ0v) is 30.6. The molecule has 0 bridgehead atoms. The van der Waals surface area contributed by atoms with Gasteiger partial charge in [-0.1, -0.05) is 194 Å². The first-order valence-corrected chi connectivity index (χ1v) is 19.5. The van der Waals surface area contributed by atoms with E-state index in [4.69, 9.17) is 0 Å². The van der Waals surface area contributed by atoms with E-state index in [-0.39, 0.29) is 0 Å². The van der Waals surface area contributed by atoms with E-state index in [0.717, 1.165) is 0 Å². The Bertz CT molecular complexity index is 3410. The van der Waals surface area contributed by atoms with Crippen molar-refractivity contribution in [3.05, 3.63) is 206 Å². The van der Waals surface area contributed by atoms with Gasteiger partial charge in [0.25, 0.3) is 0 Å². The van der Waals surface area contributed by atoms with E-state index in [1.165, 1.54) is 120 Å². The van der Waals surface area contributed by atoms with Crippen molar-refractivity contribution in [1.29, 1.82) is 0 Å². The minimum atomic E-state index is 1.20. The van der Waals surface area contributed by atoms with Gasteiger partial charge >= 0.3 is 0 Å². The summed E-state index contributed by atoms with van der Waals surface area (Å²) in [6.45, 7) is 0. The molecule has 0 radical (unpaired) electrons. The monoisotopic (exact) mass is 706 g/mol. The zero-order valence-electron chi connectivity index (χ0n) is 30.6. The van der Waals surface area contributed by atoms with Gasteiger partial charge in [-0.25, -0.2) is 0 Å². The van der Waals surface area contributed by atoms with Crippen LogP contribution in [-0.4, -0.2) is 0 Å². The van der Waals surface area contributed by atoms with Crippen LogP contribution in [0, 0.1) is 0 Å². The summed E-state index contributed by atoms with van der Waals surface area (Å²) in [5.74, 6) is 0. The van der Waals surface area contributed by atoms with Crippen molar-refractivity contribution < 1.29 is 0 Å². The van der Waals surface area contributed by atoms with E-state index >= 15 is 0 Å². The Hall–Kier alpha value is -7.28. The molecular weight excluding hydrogens is 673 g/mol. The molecular formula is C56H34. The number of hydrogen-bond acceptors (Lipinski definition) is 0. The number of benzene rings is 12. The van der Waals surface area contributed by atoms with Crippen molar-refractivity contribution in [2.24, 2.45) is 0 Å². The molecule has 12 aromatic rings. The standard InChI is InChI=1S/C56H34/c1-3-9-35(10-4-1)45-27-25-44(34-52(45)48-29-22-42-20-18-38-14-8-16-40-24-32-50(48)56(42)54(38)40)43-26-30-47(51(33-43)36-11-5-2-6-12-36)46-28-21-41-19-17-37-13-7-15-39-23-31-49(46)55(41)53(37)39/h1-34H. The summed E-state index contributed by atoms with van der Waals surface area (Å²) in [5, 5.41) is 15.7. The second-order valence-electron chi connectivity index (χ2n) is 15.2. The molecule has 0 amide bonds. The molecule has 0 heterocycles. The molecule has 258 valence electrons. The number of rotatable bonds is 5. The second kappa shape index (κ2) is 12.1. The van der Waals surface area contributed by atoms with Crippen molar-refractivity contribution in [2.45, 2.75) is 0 Å². The zero-order chi connectivity index (χ0) is 36.7. The molecule has 0 aliphatic heterocycles. The molecule has 12 rings (SSSR count). The van der Waals surface area contributed by atoms with Crippen molar-refractivity contribution >= 4 is 64.6 Å². The second-order valence-corrected chi connectivity index (χ2v) is 15.2. The Morgan fingerprint density at radius 1 is 0.179 bits per heavy atom. The average Bonchev–Trinajstić information content (AvgIpc) is 3.27. The van der Waals surface area contributed by atoms with E-state index < -0.39 is 0 Å². The van der Waals surface area contributed by atoms with Crippen molar-refractivity contribution in [1.82, 2.24) is 0 Å². The van der Waals surface area contributed by atoms with Gasteiger partial charge in [0.15, 0.2) is 0 Å². The van der Waals surface area contributed by atoms with Crippen LogP contribution in [0.4, 0.5) is 0 Å². The lowest BCUT2D eigenvalue weighted by molar-refractivity contribution is 1.56. The first-order chi connectivity index (χ1) is 27.8.